The van der Waals surface area contributed by atoms with Crippen LogP contribution in [0.15, 0.2) is 84.3 Å². The van der Waals surface area contributed by atoms with E-state index in [0.29, 0.717) is 35.1 Å². The molecule has 0 unspecified atom stereocenters. The number of allylic oxidation sites excluding steroid dienone is 1. The number of rotatable bonds is 8. The van der Waals surface area contributed by atoms with Crippen LogP contribution >= 0.6 is 11.8 Å². The Bertz CT molecular complexity index is 1270. The van der Waals surface area contributed by atoms with Crippen molar-refractivity contribution in [2.45, 2.75) is 20.0 Å². The number of para-hydroxylation sites is 1. The molecule has 0 atom stereocenters. The number of nitrogens with zero attached hydrogens (tertiary/aromatic N) is 1. The Morgan fingerprint density at radius 2 is 1.82 bits per heavy atom. The molecule has 34 heavy (non-hydrogen) atoms. The fraction of sp³-hybridized carbons (Fsp3) is 0.143. The van der Waals surface area contributed by atoms with Gasteiger partial charge in [0.1, 0.15) is 6.61 Å². The summed E-state index contributed by atoms with van der Waals surface area (Å²) in [5, 5.41) is -0.321. The maximum absolute atomic E-state index is 13.0. The first kappa shape index (κ1) is 23.4. The quantitative estimate of drug-likeness (QED) is 0.275. The van der Waals surface area contributed by atoms with Crippen molar-refractivity contribution in [2.75, 3.05) is 12.0 Å². The van der Waals surface area contributed by atoms with Gasteiger partial charge in [-0.1, -0.05) is 54.1 Å². The Kier molecular flexibility index (Phi) is 7.18. The van der Waals surface area contributed by atoms with Crippen LogP contribution in [0.4, 0.5) is 10.5 Å². The number of carbonyl (C=O) groups excluding carboxylic acids is 2. The SMILES string of the molecule is C=CCc1cc(/C=C2\SC(=O)N(c3ccccc3)C2=O)cc(OC)c1OCc1cccc(C)c1. The largest absolute Gasteiger partial charge is 0.493 e. The van der Waals surface area contributed by atoms with Gasteiger partial charge in [-0.15, -0.1) is 6.58 Å². The van der Waals surface area contributed by atoms with Gasteiger partial charge in [-0.3, -0.25) is 9.59 Å². The molecule has 1 aliphatic heterocycles. The third kappa shape index (κ3) is 5.07. The van der Waals surface area contributed by atoms with Crippen LogP contribution in [0.2, 0.25) is 0 Å². The molecule has 2 amide bonds. The zero-order valence-electron chi connectivity index (χ0n) is 19.1. The summed E-state index contributed by atoms with van der Waals surface area (Å²) in [4.78, 5) is 27.1. The van der Waals surface area contributed by atoms with Gasteiger partial charge in [-0.05, 0) is 66.6 Å². The third-order valence-corrected chi connectivity index (χ3v) is 6.18. The molecule has 0 N–H and O–H groups in total. The van der Waals surface area contributed by atoms with E-state index < -0.39 is 0 Å². The van der Waals surface area contributed by atoms with E-state index in [0.717, 1.165) is 28.5 Å². The first-order chi connectivity index (χ1) is 16.5. The third-order valence-electron chi connectivity index (χ3n) is 5.31. The highest BCUT2D eigenvalue weighted by Crippen LogP contribution is 2.38. The van der Waals surface area contributed by atoms with Crippen LogP contribution in [0.5, 0.6) is 11.5 Å². The van der Waals surface area contributed by atoms with Crippen LogP contribution in [0.1, 0.15) is 22.3 Å². The average Bonchev–Trinajstić information content (AvgIpc) is 3.11. The number of thioether (sulfide) groups is 1. The predicted octanol–water partition coefficient (Wildman–Crippen LogP) is 6.55. The van der Waals surface area contributed by atoms with E-state index in [2.05, 4.69) is 12.6 Å². The first-order valence-electron chi connectivity index (χ1n) is 10.8. The number of carbonyl (C=O) groups is 2. The lowest BCUT2D eigenvalue weighted by atomic mass is 10.0. The second kappa shape index (κ2) is 10.4. The lowest BCUT2D eigenvalue weighted by Crippen LogP contribution is -2.27. The maximum Gasteiger partial charge on any atom is 0.298 e. The maximum atomic E-state index is 13.0. The first-order valence-corrected chi connectivity index (χ1v) is 11.6. The normalized spacial score (nSPS) is 14.5. The van der Waals surface area contributed by atoms with Crippen LogP contribution in [-0.4, -0.2) is 18.3 Å². The number of benzene rings is 3. The zero-order valence-corrected chi connectivity index (χ0v) is 19.9. The molecule has 0 aliphatic carbocycles. The van der Waals surface area contributed by atoms with Crippen LogP contribution in [0.3, 0.4) is 0 Å². The minimum Gasteiger partial charge on any atom is -0.493 e. The lowest BCUT2D eigenvalue weighted by molar-refractivity contribution is -0.113. The molecule has 3 aromatic carbocycles. The van der Waals surface area contributed by atoms with E-state index in [1.807, 2.05) is 43.3 Å². The topological polar surface area (TPSA) is 55.8 Å². The summed E-state index contributed by atoms with van der Waals surface area (Å²) in [7, 11) is 1.58. The molecule has 0 radical (unpaired) electrons. The molecule has 0 saturated carbocycles. The van der Waals surface area contributed by atoms with E-state index in [1.54, 1.807) is 43.5 Å². The number of methoxy groups -OCH3 is 1. The second-order valence-electron chi connectivity index (χ2n) is 7.83. The van der Waals surface area contributed by atoms with Gasteiger partial charge in [0.2, 0.25) is 0 Å². The van der Waals surface area contributed by atoms with Gasteiger partial charge in [0.05, 0.1) is 17.7 Å². The van der Waals surface area contributed by atoms with Gasteiger partial charge in [0.15, 0.2) is 11.5 Å². The summed E-state index contributed by atoms with van der Waals surface area (Å²) in [6.45, 7) is 6.30. The smallest absolute Gasteiger partial charge is 0.298 e. The number of amides is 2. The molecular weight excluding hydrogens is 446 g/mol. The summed E-state index contributed by atoms with van der Waals surface area (Å²) in [5.41, 5.74) is 4.41. The van der Waals surface area contributed by atoms with Gasteiger partial charge >= 0.3 is 0 Å². The van der Waals surface area contributed by atoms with E-state index in [4.69, 9.17) is 9.47 Å². The standard InChI is InChI=1S/C28H25NO4S/c1-4-9-22-15-21(16-24(32-3)26(22)33-18-20-11-8-10-19(2)14-20)17-25-27(30)29(28(31)34-25)23-12-6-5-7-13-23/h4-8,10-17H,1,9,18H2,2-3H3/b25-17-. The number of aryl methyl sites for hydroxylation is 1. The van der Waals surface area contributed by atoms with Gasteiger partial charge in [-0.2, -0.15) is 0 Å². The predicted molar refractivity (Wildman–Crippen MR) is 137 cm³/mol. The van der Waals surface area contributed by atoms with Crippen LogP contribution in [0, 0.1) is 6.92 Å². The van der Waals surface area contributed by atoms with Crippen molar-refractivity contribution >= 4 is 34.7 Å². The highest BCUT2D eigenvalue weighted by Gasteiger charge is 2.36. The minimum atomic E-state index is -0.342. The summed E-state index contributed by atoms with van der Waals surface area (Å²) in [6, 6.07) is 20.8. The summed E-state index contributed by atoms with van der Waals surface area (Å²) < 4.78 is 11.8. The number of hydrogen-bond donors (Lipinski definition) is 0. The van der Waals surface area contributed by atoms with Crippen molar-refractivity contribution in [1.29, 1.82) is 0 Å². The highest BCUT2D eigenvalue weighted by atomic mass is 32.2. The van der Waals surface area contributed by atoms with Crippen LogP contribution in [0.25, 0.3) is 6.08 Å². The minimum absolute atomic E-state index is 0.321. The molecule has 0 spiro atoms. The van der Waals surface area contributed by atoms with E-state index in [1.165, 1.54) is 10.5 Å². The Morgan fingerprint density at radius 3 is 2.53 bits per heavy atom. The monoisotopic (exact) mass is 471 g/mol. The molecule has 1 aliphatic rings. The van der Waals surface area contributed by atoms with Gasteiger partial charge in [0.25, 0.3) is 11.1 Å². The van der Waals surface area contributed by atoms with Crippen molar-refractivity contribution in [2.24, 2.45) is 0 Å². The van der Waals surface area contributed by atoms with Gasteiger partial charge in [-0.25, -0.2) is 4.90 Å². The Hall–Kier alpha value is -3.77. The van der Waals surface area contributed by atoms with Crippen molar-refractivity contribution < 1.29 is 19.1 Å². The van der Waals surface area contributed by atoms with E-state index in [9.17, 15) is 9.59 Å². The summed E-state index contributed by atoms with van der Waals surface area (Å²) >= 11 is 0.924. The molecule has 4 rings (SSSR count). The number of hydrogen-bond acceptors (Lipinski definition) is 5. The van der Waals surface area contributed by atoms with Gasteiger partial charge in [0, 0.05) is 5.56 Å². The molecule has 1 heterocycles. The fourth-order valence-electron chi connectivity index (χ4n) is 3.77. The van der Waals surface area contributed by atoms with Crippen molar-refractivity contribution in [1.82, 2.24) is 0 Å². The van der Waals surface area contributed by atoms with E-state index in [-0.39, 0.29) is 11.1 Å². The molecule has 3 aromatic rings. The van der Waals surface area contributed by atoms with Crippen molar-refractivity contribution in [3.63, 3.8) is 0 Å². The molecule has 6 heteroatoms. The second-order valence-corrected chi connectivity index (χ2v) is 8.83. The van der Waals surface area contributed by atoms with Gasteiger partial charge < -0.3 is 9.47 Å². The Balaban J connectivity index is 1.64. The molecule has 172 valence electrons. The number of ether oxygens (including phenoxy) is 2. The molecular formula is C28H25NO4S. The molecule has 0 aromatic heterocycles. The average molecular weight is 472 g/mol. The summed E-state index contributed by atoms with van der Waals surface area (Å²) in [6.07, 6.45) is 4.07. The Labute approximate surface area is 203 Å². The number of anilines is 1. The van der Waals surface area contributed by atoms with Crippen molar-refractivity contribution in [3.05, 3.63) is 107 Å². The van der Waals surface area contributed by atoms with Crippen molar-refractivity contribution in [3.8, 4) is 11.5 Å². The molecule has 0 bridgehead atoms. The highest BCUT2D eigenvalue weighted by molar-refractivity contribution is 8.19. The fourth-order valence-corrected chi connectivity index (χ4v) is 4.61. The summed E-state index contributed by atoms with van der Waals surface area (Å²) in [5.74, 6) is 0.851. The zero-order chi connectivity index (χ0) is 24.1. The molecule has 5 nitrogen and oxygen atoms in total. The van der Waals surface area contributed by atoms with E-state index >= 15 is 0 Å². The van der Waals surface area contributed by atoms with Crippen LogP contribution < -0.4 is 14.4 Å². The molecule has 1 saturated heterocycles. The molecule has 1 fully saturated rings. The number of imide groups is 1. The van der Waals surface area contributed by atoms with Crippen LogP contribution in [-0.2, 0) is 17.8 Å². The lowest BCUT2D eigenvalue weighted by Gasteiger charge is -2.16. The Morgan fingerprint density at radius 1 is 1.03 bits per heavy atom.